The van der Waals surface area contributed by atoms with Gasteiger partial charge < -0.3 is 10.2 Å². The highest BCUT2D eigenvalue weighted by Gasteiger charge is 2.31. The SMILES string of the molecule is CCC(=O)N1c2ccc(S(=O)(=O)CCC(=O)Nc3ccc(C)cc3Cl)cc2CC1C. The Morgan fingerprint density at radius 1 is 1.20 bits per heavy atom. The third kappa shape index (κ3) is 4.68. The number of nitrogens with one attached hydrogen (secondary N) is 1. The Morgan fingerprint density at radius 3 is 2.60 bits per heavy atom. The van der Waals surface area contributed by atoms with Crippen molar-refractivity contribution >= 4 is 44.6 Å². The quantitative estimate of drug-likeness (QED) is 0.719. The smallest absolute Gasteiger partial charge is 0.226 e. The van der Waals surface area contributed by atoms with Gasteiger partial charge in [-0.2, -0.15) is 0 Å². The molecule has 2 aromatic carbocycles. The zero-order valence-electron chi connectivity index (χ0n) is 17.2. The molecule has 2 aromatic rings. The molecule has 0 fully saturated rings. The minimum Gasteiger partial charge on any atom is -0.325 e. The number of carbonyl (C=O) groups is 2. The molecule has 1 N–H and O–H groups in total. The Hall–Kier alpha value is -2.38. The summed E-state index contributed by atoms with van der Waals surface area (Å²) >= 11 is 6.11. The van der Waals surface area contributed by atoms with Crippen molar-refractivity contribution in [1.29, 1.82) is 0 Å². The molecule has 6 nitrogen and oxygen atoms in total. The number of hydrogen-bond acceptors (Lipinski definition) is 4. The molecular formula is C22H25ClN2O4S. The minimum atomic E-state index is -3.64. The van der Waals surface area contributed by atoms with Crippen LogP contribution in [0.1, 0.15) is 37.8 Å². The zero-order chi connectivity index (χ0) is 22.1. The van der Waals surface area contributed by atoms with Crippen LogP contribution in [0, 0.1) is 6.92 Å². The second kappa shape index (κ2) is 8.78. The molecule has 8 heteroatoms. The van der Waals surface area contributed by atoms with Gasteiger partial charge in [0.1, 0.15) is 0 Å². The van der Waals surface area contributed by atoms with E-state index in [0.29, 0.717) is 23.6 Å². The van der Waals surface area contributed by atoms with Crippen molar-refractivity contribution in [3.63, 3.8) is 0 Å². The van der Waals surface area contributed by atoms with Gasteiger partial charge in [-0.05, 0) is 61.7 Å². The van der Waals surface area contributed by atoms with Gasteiger partial charge >= 0.3 is 0 Å². The Labute approximate surface area is 182 Å². The van der Waals surface area contributed by atoms with Crippen molar-refractivity contribution in [2.24, 2.45) is 0 Å². The zero-order valence-corrected chi connectivity index (χ0v) is 18.8. The third-order valence-corrected chi connectivity index (χ3v) is 7.22. The molecule has 160 valence electrons. The minimum absolute atomic E-state index is 0.00422. The van der Waals surface area contributed by atoms with Gasteiger partial charge in [-0.15, -0.1) is 0 Å². The van der Waals surface area contributed by atoms with Gasteiger partial charge in [-0.3, -0.25) is 9.59 Å². The van der Waals surface area contributed by atoms with Gasteiger partial charge in [-0.25, -0.2) is 8.42 Å². The standard InChI is InChI=1S/C22H25ClN2O4S/c1-4-22(27)25-15(3)12-16-13-17(6-8-20(16)25)30(28,29)10-9-21(26)24-19-7-5-14(2)11-18(19)23/h5-8,11,13,15H,4,9-10,12H2,1-3H3,(H,24,26). The number of sulfone groups is 1. The number of nitrogens with zero attached hydrogens (tertiary/aromatic N) is 1. The van der Waals surface area contributed by atoms with Crippen molar-refractivity contribution < 1.29 is 18.0 Å². The molecule has 1 unspecified atom stereocenters. The fourth-order valence-electron chi connectivity index (χ4n) is 3.63. The number of fused-ring (bicyclic) bond motifs is 1. The van der Waals surface area contributed by atoms with Gasteiger partial charge in [0.2, 0.25) is 11.8 Å². The van der Waals surface area contributed by atoms with E-state index < -0.39 is 15.7 Å². The Kier molecular flexibility index (Phi) is 6.53. The Bertz CT molecular complexity index is 1100. The van der Waals surface area contributed by atoms with E-state index in [-0.39, 0.29) is 29.0 Å². The molecule has 2 amide bonds. The summed E-state index contributed by atoms with van der Waals surface area (Å²) in [6, 6.07) is 10.0. The summed E-state index contributed by atoms with van der Waals surface area (Å²) in [5.41, 5.74) is 3.02. The first-order chi connectivity index (χ1) is 14.1. The van der Waals surface area contributed by atoms with Crippen molar-refractivity contribution in [3.05, 3.63) is 52.5 Å². The summed E-state index contributed by atoms with van der Waals surface area (Å²) in [7, 11) is -3.64. The lowest BCUT2D eigenvalue weighted by Gasteiger charge is -2.22. The molecule has 3 rings (SSSR count). The average Bonchev–Trinajstić information content (AvgIpc) is 3.03. The maximum atomic E-state index is 12.8. The van der Waals surface area contributed by atoms with Crippen LogP contribution in [0.15, 0.2) is 41.3 Å². The normalized spacial score (nSPS) is 15.7. The number of benzene rings is 2. The van der Waals surface area contributed by atoms with Crippen LogP contribution in [0.4, 0.5) is 11.4 Å². The molecular weight excluding hydrogens is 424 g/mol. The van der Waals surface area contributed by atoms with E-state index in [1.165, 1.54) is 6.07 Å². The van der Waals surface area contributed by atoms with Gasteiger partial charge in [0.05, 0.1) is 21.4 Å². The lowest BCUT2D eigenvalue weighted by molar-refractivity contribution is -0.118. The number of halogens is 1. The topological polar surface area (TPSA) is 83.6 Å². The van der Waals surface area contributed by atoms with Crippen LogP contribution in [0.2, 0.25) is 5.02 Å². The van der Waals surface area contributed by atoms with Crippen molar-refractivity contribution in [1.82, 2.24) is 0 Å². The first kappa shape index (κ1) is 22.3. The summed E-state index contributed by atoms with van der Waals surface area (Å²) in [5.74, 6) is -0.712. The van der Waals surface area contributed by atoms with Crippen LogP contribution in [-0.2, 0) is 25.8 Å². The fourth-order valence-corrected chi connectivity index (χ4v) is 5.20. The molecule has 0 radical (unpaired) electrons. The monoisotopic (exact) mass is 448 g/mol. The maximum Gasteiger partial charge on any atom is 0.226 e. The second-order valence-corrected chi connectivity index (χ2v) is 10.1. The summed E-state index contributed by atoms with van der Waals surface area (Å²) in [6.07, 6.45) is 0.821. The first-order valence-corrected chi connectivity index (χ1v) is 11.9. The predicted molar refractivity (Wildman–Crippen MR) is 119 cm³/mol. The molecule has 0 saturated heterocycles. The molecule has 0 bridgehead atoms. The number of anilines is 2. The Balaban J connectivity index is 1.70. The summed E-state index contributed by atoms with van der Waals surface area (Å²) in [5, 5.41) is 3.06. The van der Waals surface area contributed by atoms with Gasteiger partial charge in [0.15, 0.2) is 9.84 Å². The number of amides is 2. The van der Waals surface area contributed by atoms with Crippen molar-refractivity contribution in [2.75, 3.05) is 16.0 Å². The van der Waals surface area contributed by atoms with E-state index in [4.69, 9.17) is 11.6 Å². The lowest BCUT2D eigenvalue weighted by Crippen LogP contribution is -2.35. The van der Waals surface area contributed by atoms with Crippen LogP contribution < -0.4 is 10.2 Å². The van der Waals surface area contributed by atoms with Crippen molar-refractivity contribution in [3.8, 4) is 0 Å². The first-order valence-electron chi connectivity index (χ1n) is 9.86. The van der Waals surface area contributed by atoms with Crippen LogP contribution in [0.5, 0.6) is 0 Å². The molecule has 0 saturated carbocycles. The van der Waals surface area contributed by atoms with E-state index in [2.05, 4.69) is 5.32 Å². The molecule has 0 aromatic heterocycles. The summed E-state index contributed by atoms with van der Waals surface area (Å²) < 4.78 is 25.5. The van der Waals surface area contributed by atoms with E-state index in [0.717, 1.165) is 16.8 Å². The molecule has 0 spiro atoms. The number of hydrogen-bond donors (Lipinski definition) is 1. The number of aryl methyl sites for hydroxylation is 1. The molecule has 30 heavy (non-hydrogen) atoms. The van der Waals surface area contributed by atoms with E-state index in [9.17, 15) is 18.0 Å². The third-order valence-electron chi connectivity index (χ3n) is 5.19. The lowest BCUT2D eigenvalue weighted by atomic mass is 10.1. The predicted octanol–water partition coefficient (Wildman–Crippen LogP) is 4.14. The maximum absolute atomic E-state index is 12.8. The van der Waals surface area contributed by atoms with E-state index in [1.54, 1.807) is 36.1 Å². The van der Waals surface area contributed by atoms with Crippen LogP contribution in [0.25, 0.3) is 0 Å². The number of rotatable bonds is 6. The highest BCUT2D eigenvalue weighted by Crippen LogP contribution is 2.34. The average molecular weight is 449 g/mol. The van der Waals surface area contributed by atoms with Crippen LogP contribution in [-0.4, -0.2) is 32.0 Å². The fraction of sp³-hybridized carbons (Fsp3) is 0.364. The van der Waals surface area contributed by atoms with Gasteiger partial charge in [-0.1, -0.05) is 24.6 Å². The highest BCUT2D eigenvalue weighted by atomic mass is 35.5. The molecule has 1 atom stereocenters. The highest BCUT2D eigenvalue weighted by molar-refractivity contribution is 7.91. The van der Waals surface area contributed by atoms with Crippen molar-refractivity contribution in [2.45, 2.75) is 51.0 Å². The Morgan fingerprint density at radius 2 is 1.93 bits per heavy atom. The van der Waals surface area contributed by atoms with Gasteiger partial charge in [0, 0.05) is 24.6 Å². The van der Waals surface area contributed by atoms with Crippen LogP contribution in [0.3, 0.4) is 0 Å². The molecule has 1 aliphatic heterocycles. The molecule has 1 aliphatic rings. The van der Waals surface area contributed by atoms with E-state index in [1.807, 2.05) is 19.9 Å². The summed E-state index contributed by atoms with van der Waals surface area (Å²) in [6.45, 7) is 5.64. The second-order valence-electron chi connectivity index (χ2n) is 7.56. The summed E-state index contributed by atoms with van der Waals surface area (Å²) in [4.78, 5) is 26.3. The van der Waals surface area contributed by atoms with E-state index >= 15 is 0 Å². The van der Waals surface area contributed by atoms with Crippen LogP contribution >= 0.6 is 11.6 Å². The molecule has 0 aliphatic carbocycles. The largest absolute Gasteiger partial charge is 0.325 e. The number of carbonyl (C=O) groups excluding carboxylic acids is 2. The van der Waals surface area contributed by atoms with Gasteiger partial charge in [0.25, 0.3) is 0 Å². The molecule has 1 heterocycles.